The van der Waals surface area contributed by atoms with Gasteiger partial charge in [0, 0.05) is 11.0 Å². The number of hydrogen-bond acceptors (Lipinski definition) is 4. The van der Waals surface area contributed by atoms with Crippen LogP contribution in [0.5, 0.6) is 0 Å². The SMILES string of the molecule is Cc1cc(C(=O)NC2CC3CCC2O3)sc1/C=C/C(=O)O. The van der Waals surface area contributed by atoms with Crippen molar-refractivity contribution in [1.82, 2.24) is 5.32 Å². The van der Waals surface area contributed by atoms with Crippen LogP contribution in [-0.4, -0.2) is 35.2 Å². The summed E-state index contributed by atoms with van der Waals surface area (Å²) in [6, 6.07) is 1.91. The molecule has 2 N–H and O–H groups in total. The number of fused-ring (bicyclic) bond motifs is 2. The highest BCUT2D eigenvalue weighted by molar-refractivity contribution is 7.15. The highest BCUT2D eigenvalue weighted by atomic mass is 32.1. The van der Waals surface area contributed by atoms with Gasteiger partial charge in [0.15, 0.2) is 0 Å². The maximum atomic E-state index is 12.3. The van der Waals surface area contributed by atoms with Crippen LogP contribution in [0.4, 0.5) is 0 Å². The maximum absolute atomic E-state index is 12.3. The van der Waals surface area contributed by atoms with E-state index in [9.17, 15) is 9.59 Å². The lowest BCUT2D eigenvalue weighted by molar-refractivity contribution is -0.131. The quantitative estimate of drug-likeness (QED) is 0.836. The Morgan fingerprint density at radius 2 is 2.29 bits per heavy atom. The molecule has 1 aromatic heterocycles. The minimum absolute atomic E-state index is 0.0979. The van der Waals surface area contributed by atoms with Crippen LogP contribution in [0.3, 0.4) is 0 Å². The molecule has 0 radical (unpaired) electrons. The normalized spacial score (nSPS) is 27.4. The molecule has 2 saturated heterocycles. The van der Waals surface area contributed by atoms with Gasteiger partial charge in [0.1, 0.15) is 0 Å². The number of amides is 1. The molecule has 112 valence electrons. The molecule has 3 atom stereocenters. The molecule has 5 nitrogen and oxygen atoms in total. The smallest absolute Gasteiger partial charge is 0.328 e. The number of hydrogen-bond donors (Lipinski definition) is 2. The van der Waals surface area contributed by atoms with E-state index < -0.39 is 5.97 Å². The van der Waals surface area contributed by atoms with Crippen LogP contribution in [-0.2, 0) is 9.53 Å². The average Bonchev–Trinajstić information content (AvgIpc) is 3.11. The third-order valence-corrected chi connectivity index (χ3v) is 5.18. The Morgan fingerprint density at radius 1 is 1.48 bits per heavy atom. The summed E-state index contributed by atoms with van der Waals surface area (Å²) in [6.45, 7) is 1.87. The Balaban J connectivity index is 1.67. The molecule has 2 fully saturated rings. The Bertz CT molecular complexity index is 607. The second kappa shape index (κ2) is 5.61. The minimum Gasteiger partial charge on any atom is -0.478 e. The largest absolute Gasteiger partial charge is 0.478 e. The standard InChI is InChI=1S/C15H17NO4S/c1-8-6-13(21-12(8)4-5-14(17)18)15(19)16-10-7-9-2-3-11(10)20-9/h4-6,9-11H,2-3,7H2,1H3,(H,16,19)(H,17,18)/b5-4+. The van der Waals surface area contributed by atoms with Crippen LogP contribution >= 0.6 is 11.3 Å². The molecule has 0 aromatic carbocycles. The number of carboxylic acids is 1. The van der Waals surface area contributed by atoms with Gasteiger partial charge in [-0.15, -0.1) is 11.3 Å². The van der Waals surface area contributed by atoms with Crippen molar-refractivity contribution in [2.24, 2.45) is 0 Å². The van der Waals surface area contributed by atoms with E-state index in [2.05, 4.69) is 5.32 Å². The van der Waals surface area contributed by atoms with E-state index in [-0.39, 0.29) is 18.1 Å². The Labute approximate surface area is 126 Å². The fourth-order valence-electron chi connectivity index (χ4n) is 2.95. The summed E-state index contributed by atoms with van der Waals surface area (Å²) >= 11 is 1.31. The number of nitrogens with one attached hydrogen (secondary N) is 1. The van der Waals surface area contributed by atoms with Crippen molar-refractivity contribution in [3.05, 3.63) is 27.5 Å². The van der Waals surface area contributed by atoms with Crippen LogP contribution in [0.15, 0.2) is 12.1 Å². The zero-order valence-corrected chi connectivity index (χ0v) is 12.5. The summed E-state index contributed by atoms with van der Waals surface area (Å²) in [4.78, 5) is 24.2. The lowest BCUT2D eigenvalue weighted by Crippen LogP contribution is -2.41. The monoisotopic (exact) mass is 307 g/mol. The summed E-state index contributed by atoms with van der Waals surface area (Å²) in [6.07, 6.45) is 6.09. The van der Waals surface area contributed by atoms with E-state index >= 15 is 0 Å². The van der Waals surface area contributed by atoms with E-state index in [0.29, 0.717) is 11.0 Å². The van der Waals surface area contributed by atoms with Gasteiger partial charge in [-0.25, -0.2) is 4.79 Å². The highest BCUT2D eigenvalue weighted by Gasteiger charge is 2.41. The number of aryl methyl sites for hydroxylation is 1. The number of carbonyl (C=O) groups excluding carboxylic acids is 1. The molecule has 3 rings (SSSR count). The van der Waals surface area contributed by atoms with Crippen LogP contribution in [0.2, 0.25) is 0 Å². The van der Waals surface area contributed by atoms with Gasteiger partial charge in [-0.3, -0.25) is 4.79 Å². The van der Waals surface area contributed by atoms with E-state index in [4.69, 9.17) is 9.84 Å². The number of carboxylic acid groups (broad SMARTS) is 1. The lowest BCUT2D eigenvalue weighted by Gasteiger charge is -2.19. The molecule has 3 unspecified atom stereocenters. The highest BCUT2D eigenvalue weighted by Crippen LogP contribution is 2.34. The minimum atomic E-state index is -0.993. The molecule has 2 aliphatic heterocycles. The van der Waals surface area contributed by atoms with E-state index in [0.717, 1.165) is 35.8 Å². The van der Waals surface area contributed by atoms with E-state index in [1.165, 1.54) is 17.4 Å². The van der Waals surface area contributed by atoms with Gasteiger partial charge in [0.2, 0.25) is 0 Å². The lowest BCUT2D eigenvalue weighted by atomic mass is 9.95. The number of aliphatic carboxylic acids is 1. The summed E-state index contributed by atoms with van der Waals surface area (Å²) < 4.78 is 5.73. The van der Waals surface area contributed by atoms with Gasteiger partial charge in [0.05, 0.1) is 23.1 Å². The van der Waals surface area contributed by atoms with Crippen molar-refractivity contribution in [2.75, 3.05) is 0 Å². The van der Waals surface area contributed by atoms with Gasteiger partial charge in [0.25, 0.3) is 5.91 Å². The summed E-state index contributed by atoms with van der Waals surface area (Å²) in [5.41, 5.74) is 0.909. The first kappa shape index (κ1) is 14.3. The maximum Gasteiger partial charge on any atom is 0.328 e. The summed E-state index contributed by atoms with van der Waals surface area (Å²) in [5, 5.41) is 11.7. The Hall–Kier alpha value is -1.66. The van der Waals surface area contributed by atoms with Crippen molar-refractivity contribution >= 4 is 29.3 Å². The predicted octanol–water partition coefficient (Wildman–Crippen LogP) is 2.20. The van der Waals surface area contributed by atoms with Crippen molar-refractivity contribution in [3.8, 4) is 0 Å². The van der Waals surface area contributed by atoms with E-state index in [1.54, 1.807) is 6.07 Å². The first-order valence-electron chi connectivity index (χ1n) is 7.00. The van der Waals surface area contributed by atoms with Gasteiger partial charge >= 0.3 is 5.97 Å². The topological polar surface area (TPSA) is 75.6 Å². The van der Waals surface area contributed by atoms with Gasteiger partial charge in [-0.2, -0.15) is 0 Å². The van der Waals surface area contributed by atoms with Gasteiger partial charge < -0.3 is 15.2 Å². The molecule has 1 aromatic rings. The fourth-order valence-corrected chi connectivity index (χ4v) is 3.93. The van der Waals surface area contributed by atoms with E-state index in [1.807, 2.05) is 6.92 Å². The molecule has 0 spiro atoms. The fraction of sp³-hybridized carbons (Fsp3) is 0.467. The first-order valence-corrected chi connectivity index (χ1v) is 7.82. The Morgan fingerprint density at radius 3 is 2.90 bits per heavy atom. The number of carbonyl (C=O) groups is 2. The van der Waals surface area contributed by atoms with Gasteiger partial charge in [-0.1, -0.05) is 0 Å². The predicted molar refractivity (Wildman–Crippen MR) is 79.5 cm³/mol. The third kappa shape index (κ3) is 3.01. The van der Waals surface area contributed by atoms with Crippen LogP contribution in [0, 0.1) is 6.92 Å². The van der Waals surface area contributed by atoms with Crippen molar-refractivity contribution in [2.45, 2.75) is 44.4 Å². The summed E-state index contributed by atoms with van der Waals surface area (Å²) in [5.74, 6) is -1.09. The molecule has 0 saturated carbocycles. The second-order valence-corrected chi connectivity index (χ2v) is 6.60. The van der Waals surface area contributed by atoms with Crippen LogP contribution in [0.1, 0.15) is 39.4 Å². The molecule has 6 heteroatoms. The molecule has 21 heavy (non-hydrogen) atoms. The number of thiophene rings is 1. The molecular weight excluding hydrogens is 290 g/mol. The molecule has 2 bridgehead atoms. The third-order valence-electron chi connectivity index (χ3n) is 3.98. The van der Waals surface area contributed by atoms with Crippen molar-refractivity contribution in [3.63, 3.8) is 0 Å². The van der Waals surface area contributed by atoms with Crippen molar-refractivity contribution in [1.29, 1.82) is 0 Å². The number of ether oxygens (including phenoxy) is 1. The van der Waals surface area contributed by atoms with Crippen molar-refractivity contribution < 1.29 is 19.4 Å². The zero-order valence-electron chi connectivity index (χ0n) is 11.7. The molecule has 3 heterocycles. The zero-order chi connectivity index (χ0) is 15.0. The molecular formula is C15H17NO4S. The van der Waals surface area contributed by atoms with Crippen LogP contribution in [0.25, 0.3) is 6.08 Å². The molecule has 1 amide bonds. The first-order chi connectivity index (χ1) is 10.0. The Kier molecular flexibility index (Phi) is 3.82. The summed E-state index contributed by atoms with van der Waals surface area (Å²) in [7, 11) is 0. The van der Waals surface area contributed by atoms with Crippen LogP contribution < -0.4 is 5.32 Å². The number of rotatable bonds is 4. The molecule has 2 aliphatic rings. The second-order valence-electron chi connectivity index (χ2n) is 5.52. The molecule has 0 aliphatic carbocycles. The van der Waals surface area contributed by atoms with Gasteiger partial charge in [-0.05, 0) is 43.9 Å². The average molecular weight is 307 g/mol.